The van der Waals surface area contributed by atoms with E-state index in [-0.39, 0.29) is 5.82 Å². The molecule has 8 heteroatoms. The van der Waals surface area contributed by atoms with E-state index in [1.165, 1.54) is 24.3 Å². The molecule has 0 fully saturated rings. The van der Waals surface area contributed by atoms with E-state index in [1.54, 1.807) is 78.8 Å². The SMILES string of the molecule is C[C@@H](/C=C/c1cccc(Oc2ccc(F)cc2)c1)N(OC(=O)OC(C)(C)C)C(=O)OC(C)(C)C. The topological polar surface area (TPSA) is 74.3 Å². The van der Waals surface area contributed by atoms with Crippen LogP contribution in [0, 0.1) is 5.82 Å². The number of halogens is 1. The molecular formula is C26H32FNO6. The fourth-order valence-electron chi connectivity index (χ4n) is 2.59. The third-order valence-electron chi connectivity index (χ3n) is 3.98. The molecule has 0 aromatic heterocycles. The van der Waals surface area contributed by atoms with E-state index >= 15 is 0 Å². The van der Waals surface area contributed by atoms with Crippen LogP contribution in [0.25, 0.3) is 6.08 Å². The Balaban J connectivity index is 2.16. The zero-order valence-corrected chi connectivity index (χ0v) is 20.6. The van der Waals surface area contributed by atoms with Crippen molar-refractivity contribution >= 4 is 18.3 Å². The van der Waals surface area contributed by atoms with Crippen molar-refractivity contribution in [1.82, 2.24) is 5.06 Å². The summed E-state index contributed by atoms with van der Waals surface area (Å²) in [6, 6.07) is 12.2. The van der Waals surface area contributed by atoms with E-state index in [1.807, 2.05) is 6.07 Å². The first-order valence-electron chi connectivity index (χ1n) is 10.9. The standard InChI is InChI=1S/C26H32FNO6/c1-18(28(23(29)32-25(2,3)4)34-24(30)33-26(5,6)7)11-12-19-9-8-10-22(17-19)31-21-15-13-20(27)14-16-21/h8-18H,1-7H3/b12-11+/t18-/m0/s1. The lowest BCUT2D eigenvalue weighted by Crippen LogP contribution is -2.43. The first-order chi connectivity index (χ1) is 15.7. The van der Waals surface area contributed by atoms with Crippen LogP contribution in [-0.2, 0) is 14.3 Å². The van der Waals surface area contributed by atoms with Crippen LogP contribution in [0.5, 0.6) is 11.5 Å². The third-order valence-corrected chi connectivity index (χ3v) is 3.98. The molecule has 0 radical (unpaired) electrons. The number of hydroxylamine groups is 2. The predicted molar refractivity (Wildman–Crippen MR) is 127 cm³/mol. The van der Waals surface area contributed by atoms with Crippen LogP contribution in [0.2, 0.25) is 0 Å². The van der Waals surface area contributed by atoms with Crippen LogP contribution in [0.15, 0.2) is 54.6 Å². The minimum absolute atomic E-state index is 0.346. The molecule has 1 atom stereocenters. The first-order valence-corrected chi connectivity index (χ1v) is 10.9. The van der Waals surface area contributed by atoms with Gasteiger partial charge in [0.25, 0.3) is 0 Å². The molecule has 2 aromatic rings. The number of carbonyl (C=O) groups is 2. The van der Waals surface area contributed by atoms with Crippen LogP contribution < -0.4 is 4.74 Å². The maximum absolute atomic E-state index is 13.1. The molecule has 2 rings (SSSR count). The van der Waals surface area contributed by atoms with Crippen LogP contribution in [0.4, 0.5) is 14.0 Å². The summed E-state index contributed by atoms with van der Waals surface area (Å²) in [6.07, 6.45) is 1.57. The highest BCUT2D eigenvalue weighted by molar-refractivity contribution is 5.71. The second-order valence-electron chi connectivity index (χ2n) is 9.59. The maximum atomic E-state index is 13.1. The summed E-state index contributed by atoms with van der Waals surface area (Å²) in [5.41, 5.74) is -0.809. The Labute approximate surface area is 200 Å². The van der Waals surface area contributed by atoms with Crippen LogP contribution in [-0.4, -0.2) is 34.6 Å². The van der Waals surface area contributed by atoms with Crippen molar-refractivity contribution in [2.24, 2.45) is 0 Å². The Morgan fingerprint density at radius 2 is 1.53 bits per heavy atom. The van der Waals surface area contributed by atoms with Crippen molar-refractivity contribution in [2.75, 3.05) is 0 Å². The highest BCUT2D eigenvalue weighted by Crippen LogP contribution is 2.23. The zero-order chi connectivity index (χ0) is 25.5. The third kappa shape index (κ3) is 9.52. The van der Waals surface area contributed by atoms with Crippen molar-refractivity contribution in [3.05, 3.63) is 66.0 Å². The lowest BCUT2D eigenvalue weighted by Gasteiger charge is -2.29. The van der Waals surface area contributed by atoms with Crippen molar-refractivity contribution in [3.8, 4) is 11.5 Å². The number of benzene rings is 2. The van der Waals surface area contributed by atoms with Crippen molar-refractivity contribution in [2.45, 2.75) is 65.7 Å². The Morgan fingerprint density at radius 1 is 0.912 bits per heavy atom. The largest absolute Gasteiger partial charge is 0.534 e. The normalized spacial score (nSPS) is 12.7. The molecule has 2 aromatic carbocycles. The molecule has 0 heterocycles. The van der Waals surface area contributed by atoms with Gasteiger partial charge < -0.3 is 14.2 Å². The Hall–Kier alpha value is -3.55. The number of amides is 1. The zero-order valence-electron chi connectivity index (χ0n) is 20.6. The molecule has 0 spiro atoms. The van der Waals surface area contributed by atoms with Crippen LogP contribution >= 0.6 is 0 Å². The van der Waals surface area contributed by atoms with E-state index in [4.69, 9.17) is 19.0 Å². The number of nitrogens with zero attached hydrogens (tertiary/aromatic N) is 1. The molecule has 0 aliphatic rings. The average molecular weight is 474 g/mol. The second kappa shape index (κ2) is 11.0. The Kier molecular flexibility index (Phi) is 8.68. The van der Waals surface area contributed by atoms with E-state index < -0.39 is 29.5 Å². The number of rotatable bonds is 5. The summed E-state index contributed by atoms with van der Waals surface area (Å²) in [6.45, 7) is 11.9. The molecule has 0 aliphatic carbocycles. The van der Waals surface area contributed by atoms with Gasteiger partial charge in [-0.15, -0.1) is 5.06 Å². The summed E-state index contributed by atoms with van der Waals surface area (Å²) in [5.74, 6) is 0.703. The number of hydrogen-bond acceptors (Lipinski definition) is 6. The van der Waals surface area contributed by atoms with Gasteiger partial charge in [0, 0.05) is 0 Å². The second-order valence-corrected chi connectivity index (χ2v) is 9.59. The molecule has 0 N–H and O–H groups in total. The molecule has 0 saturated carbocycles. The van der Waals surface area contributed by atoms with Gasteiger partial charge in [0.2, 0.25) is 0 Å². The highest BCUT2D eigenvalue weighted by atomic mass is 19.1. The van der Waals surface area contributed by atoms with Gasteiger partial charge >= 0.3 is 12.2 Å². The monoisotopic (exact) mass is 473 g/mol. The highest BCUT2D eigenvalue weighted by Gasteiger charge is 2.30. The number of hydrogen-bond donors (Lipinski definition) is 0. The summed E-state index contributed by atoms with van der Waals surface area (Å²) < 4.78 is 29.4. The Morgan fingerprint density at radius 3 is 2.12 bits per heavy atom. The average Bonchev–Trinajstić information content (AvgIpc) is 2.69. The molecule has 34 heavy (non-hydrogen) atoms. The summed E-state index contributed by atoms with van der Waals surface area (Å²) >= 11 is 0. The molecule has 0 bridgehead atoms. The van der Waals surface area contributed by atoms with Gasteiger partial charge in [0.15, 0.2) is 0 Å². The van der Waals surface area contributed by atoms with Gasteiger partial charge in [-0.05, 0) is 90.4 Å². The fourth-order valence-corrected chi connectivity index (χ4v) is 2.59. The summed E-state index contributed by atoms with van der Waals surface area (Å²) in [4.78, 5) is 30.1. The Bertz CT molecular complexity index is 1010. The van der Waals surface area contributed by atoms with E-state index in [2.05, 4.69) is 0 Å². The van der Waals surface area contributed by atoms with E-state index in [0.29, 0.717) is 11.5 Å². The minimum Gasteiger partial charge on any atom is -0.457 e. The van der Waals surface area contributed by atoms with Crippen molar-refractivity contribution in [3.63, 3.8) is 0 Å². The maximum Gasteiger partial charge on any atom is 0.534 e. The van der Waals surface area contributed by atoms with Gasteiger partial charge in [0.05, 0.1) is 6.04 Å². The van der Waals surface area contributed by atoms with E-state index in [0.717, 1.165) is 10.6 Å². The van der Waals surface area contributed by atoms with E-state index in [9.17, 15) is 14.0 Å². The molecule has 1 amide bonds. The van der Waals surface area contributed by atoms with Crippen LogP contribution in [0.1, 0.15) is 54.0 Å². The van der Waals surface area contributed by atoms with Crippen LogP contribution in [0.3, 0.4) is 0 Å². The molecule has 0 unspecified atom stereocenters. The molecular weight excluding hydrogens is 441 g/mol. The molecule has 0 saturated heterocycles. The lowest BCUT2D eigenvalue weighted by molar-refractivity contribution is -0.145. The summed E-state index contributed by atoms with van der Waals surface area (Å²) in [7, 11) is 0. The summed E-state index contributed by atoms with van der Waals surface area (Å²) in [5, 5.41) is 0.828. The molecule has 7 nitrogen and oxygen atoms in total. The van der Waals surface area contributed by atoms with Crippen molar-refractivity contribution < 1.29 is 33.0 Å². The van der Waals surface area contributed by atoms with Gasteiger partial charge in [-0.1, -0.05) is 24.3 Å². The minimum atomic E-state index is -1.02. The molecule has 184 valence electrons. The smallest absolute Gasteiger partial charge is 0.457 e. The van der Waals surface area contributed by atoms with Crippen molar-refractivity contribution in [1.29, 1.82) is 0 Å². The number of carbonyl (C=O) groups excluding carboxylic acids is 2. The van der Waals surface area contributed by atoms with Gasteiger partial charge in [0.1, 0.15) is 28.5 Å². The first kappa shape index (κ1) is 26.7. The van der Waals surface area contributed by atoms with Gasteiger partial charge in [-0.2, -0.15) is 0 Å². The predicted octanol–water partition coefficient (Wildman–Crippen LogP) is 7.12. The van der Waals surface area contributed by atoms with Gasteiger partial charge in [-0.25, -0.2) is 14.0 Å². The quantitative estimate of drug-likeness (QED) is 0.340. The fraction of sp³-hybridized carbons (Fsp3) is 0.385. The van der Waals surface area contributed by atoms with Gasteiger partial charge in [-0.3, -0.25) is 4.84 Å². The molecule has 0 aliphatic heterocycles. The lowest BCUT2D eigenvalue weighted by atomic mass is 10.1. The number of ether oxygens (including phenoxy) is 3.